The monoisotopic (exact) mass is 507 g/mol. The summed E-state index contributed by atoms with van der Waals surface area (Å²) < 4.78 is 3.17. The SMILES string of the molecule is Cc1cc(=O)n(-c2ccccc2)c(SCC(=O)Nc2cc(Br)ccc2Br)n1. The third-order valence-electron chi connectivity index (χ3n) is 3.57. The standard InChI is InChI=1S/C19H15Br2N3O2S/c1-12-9-18(26)24(14-5-3-2-4-6-14)19(22-12)27-11-17(25)23-16-10-13(20)7-8-15(16)21/h2-10H,11H2,1H3,(H,23,25). The van der Waals surface area contributed by atoms with E-state index in [4.69, 9.17) is 0 Å². The van der Waals surface area contributed by atoms with Crippen molar-refractivity contribution in [2.45, 2.75) is 12.1 Å². The Kier molecular flexibility index (Phi) is 6.51. The van der Waals surface area contributed by atoms with Gasteiger partial charge >= 0.3 is 0 Å². The van der Waals surface area contributed by atoms with Gasteiger partial charge in [-0.3, -0.25) is 14.2 Å². The Hall–Kier alpha value is -1.90. The van der Waals surface area contributed by atoms with Gasteiger partial charge in [-0.1, -0.05) is 45.9 Å². The van der Waals surface area contributed by atoms with E-state index in [9.17, 15) is 9.59 Å². The minimum absolute atomic E-state index is 0.127. The topological polar surface area (TPSA) is 64.0 Å². The highest BCUT2D eigenvalue weighted by atomic mass is 79.9. The highest BCUT2D eigenvalue weighted by Crippen LogP contribution is 2.26. The molecule has 3 aromatic rings. The summed E-state index contributed by atoms with van der Waals surface area (Å²) in [5.41, 5.74) is 1.83. The number of carbonyl (C=O) groups excluding carboxylic acids is 1. The Morgan fingerprint density at radius 1 is 1.15 bits per heavy atom. The van der Waals surface area contributed by atoms with Crippen LogP contribution >= 0.6 is 43.6 Å². The zero-order chi connectivity index (χ0) is 19.4. The summed E-state index contributed by atoms with van der Waals surface area (Å²) in [6, 6.07) is 16.3. The molecule has 5 nitrogen and oxygen atoms in total. The second kappa shape index (κ2) is 8.86. The first-order valence-corrected chi connectivity index (χ1v) is 10.5. The third kappa shape index (κ3) is 5.09. The quantitative estimate of drug-likeness (QED) is 0.397. The first-order chi connectivity index (χ1) is 12.9. The summed E-state index contributed by atoms with van der Waals surface area (Å²) in [4.78, 5) is 29.3. The number of amides is 1. The molecule has 1 amide bonds. The van der Waals surface area contributed by atoms with Crippen LogP contribution in [0.25, 0.3) is 5.69 Å². The lowest BCUT2D eigenvalue weighted by molar-refractivity contribution is -0.113. The lowest BCUT2D eigenvalue weighted by atomic mass is 10.3. The number of benzene rings is 2. The van der Waals surface area contributed by atoms with Gasteiger partial charge in [0.05, 0.1) is 17.1 Å². The molecule has 8 heteroatoms. The van der Waals surface area contributed by atoms with Crippen molar-refractivity contribution in [1.82, 2.24) is 9.55 Å². The number of anilines is 1. The molecule has 138 valence electrons. The number of para-hydroxylation sites is 1. The van der Waals surface area contributed by atoms with Crippen LogP contribution in [0.1, 0.15) is 5.69 Å². The van der Waals surface area contributed by atoms with Gasteiger partial charge in [0.15, 0.2) is 5.16 Å². The second-order valence-corrected chi connectivity index (χ2v) is 8.36. The van der Waals surface area contributed by atoms with Gasteiger partial charge in [-0.2, -0.15) is 0 Å². The number of carbonyl (C=O) groups is 1. The first kappa shape index (κ1) is 19.9. The van der Waals surface area contributed by atoms with E-state index >= 15 is 0 Å². The average Bonchev–Trinajstić information content (AvgIpc) is 2.63. The van der Waals surface area contributed by atoms with E-state index in [2.05, 4.69) is 42.2 Å². The van der Waals surface area contributed by atoms with Crippen LogP contribution in [0, 0.1) is 6.92 Å². The average molecular weight is 509 g/mol. The summed E-state index contributed by atoms with van der Waals surface area (Å²) in [5, 5.41) is 3.34. The number of hydrogen-bond acceptors (Lipinski definition) is 4. The molecule has 1 aromatic heterocycles. The maximum Gasteiger partial charge on any atom is 0.258 e. The molecular weight excluding hydrogens is 494 g/mol. The lowest BCUT2D eigenvalue weighted by Gasteiger charge is -2.12. The molecule has 27 heavy (non-hydrogen) atoms. The molecule has 0 radical (unpaired) electrons. The first-order valence-electron chi connectivity index (χ1n) is 7.98. The van der Waals surface area contributed by atoms with Crippen molar-refractivity contribution in [3.8, 4) is 5.69 Å². The summed E-state index contributed by atoms with van der Waals surface area (Å²) in [5.74, 6) is -0.0593. The zero-order valence-electron chi connectivity index (χ0n) is 14.3. The fourth-order valence-electron chi connectivity index (χ4n) is 2.39. The van der Waals surface area contributed by atoms with Crippen molar-refractivity contribution in [2.24, 2.45) is 0 Å². The molecule has 0 aliphatic carbocycles. The number of halogens is 2. The van der Waals surface area contributed by atoms with E-state index in [1.165, 1.54) is 22.4 Å². The fourth-order valence-corrected chi connectivity index (χ4v) is 3.96. The van der Waals surface area contributed by atoms with Gasteiger partial charge in [-0.25, -0.2) is 4.98 Å². The third-order valence-corrected chi connectivity index (χ3v) is 5.69. The Morgan fingerprint density at radius 3 is 2.63 bits per heavy atom. The van der Waals surface area contributed by atoms with Gasteiger partial charge in [0.2, 0.25) is 5.91 Å². The molecule has 0 unspecified atom stereocenters. The van der Waals surface area contributed by atoms with Gasteiger partial charge in [0.25, 0.3) is 5.56 Å². The summed E-state index contributed by atoms with van der Waals surface area (Å²) in [7, 11) is 0. The molecule has 0 fully saturated rings. The number of rotatable bonds is 5. The maximum atomic E-state index is 12.5. The normalized spacial score (nSPS) is 10.6. The van der Waals surface area contributed by atoms with Crippen molar-refractivity contribution in [1.29, 1.82) is 0 Å². The second-order valence-electron chi connectivity index (χ2n) is 5.65. The van der Waals surface area contributed by atoms with Crippen LogP contribution in [-0.4, -0.2) is 21.2 Å². The van der Waals surface area contributed by atoms with Crippen LogP contribution in [0.5, 0.6) is 0 Å². The van der Waals surface area contributed by atoms with Crippen LogP contribution in [0.15, 0.2) is 73.5 Å². The van der Waals surface area contributed by atoms with E-state index in [1.54, 1.807) is 6.92 Å². The minimum Gasteiger partial charge on any atom is -0.324 e. The molecule has 0 bridgehead atoms. The van der Waals surface area contributed by atoms with E-state index in [0.717, 1.165) is 8.95 Å². The fraction of sp³-hybridized carbons (Fsp3) is 0.105. The van der Waals surface area contributed by atoms with Crippen molar-refractivity contribution in [3.05, 3.63) is 79.6 Å². The van der Waals surface area contributed by atoms with E-state index < -0.39 is 0 Å². The van der Waals surface area contributed by atoms with Crippen molar-refractivity contribution in [3.63, 3.8) is 0 Å². The summed E-state index contributed by atoms with van der Waals surface area (Å²) >= 11 is 8.02. The van der Waals surface area contributed by atoms with E-state index in [-0.39, 0.29) is 17.2 Å². The number of thioether (sulfide) groups is 1. The molecular formula is C19H15Br2N3O2S. The predicted molar refractivity (Wildman–Crippen MR) is 116 cm³/mol. The largest absolute Gasteiger partial charge is 0.324 e. The van der Waals surface area contributed by atoms with E-state index in [1.807, 2.05) is 48.5 Å². The van der Waals surface area contributed by atoms with Crippen LogP contribution < -0.4 is 10.9 Å². The predicted octanol–water partition coefficient (Wildman–Crippen LogP) is 4.80. The molecule has 1 N–H and O–H groups in total. The summed E-state index contributed by atoms with van der Waals surface area (Å²) in [6.07, 6.45) is 0. The maximum absolute atomic E-state index is 12.5. The van der Waals surface area contributed by atoms with Crippen LogP contribution in [0.3, 0.4) is 0 Å². The van der Waals surface area contributed by atoms with E-state index in [0.29, 0.717) is 22.2 Å². The van der Waals surface area contributed by atoms with Gasteiger partial charge in [0.1, 0.15) is 0 Å². The number of nitrogens with zero attached hydrogens (tertiary/aromatic N) is 2. The van der Waals surface area contributed by atoms with Crippen LogP contribution in [0.2, 0.25) is 0 Å². The van der Waals surface area contributed by atoms with Crippen molar-refractivity contribution < 1.29 is 4.79 Å². The highest BCUT2D eigenvalue weighted by molar-refractivity contribution is 9.11. The molecule has 1 heterocycles. The van der Waals surface area contributed by atoms with Crippen molar-refractivity contribution in [2.75, 3.05) is 11.1 Å². The molecule has 0 saturated carbocycles. The van der Waals surface area contributed by atoms with Gasteiger partial charge < -0.3 is 5.32 Å². The molecule has 0 aliphatic rings. The minimum atomic E-state index is -0.186. The van der Waals surface area contributed by atoms with Crippen molar-refractivity contribution >= 4 is 55.2 Å². The van der Waals surface area contributed by atoms with Crippen LogP contribution in [0.4, 0.5) is 5.69 Å². The Labute approximate surface area is 177 Å². The number of aromatic nitrogens is 2. The molecule has 0 spiro atoms. The lowest BCUT2D eigenvalue weighted by Crippen LogP contribution is -2.22. The van der Waals surface area contributed by atoms with Gasteiger partial charge in [-0.15, -0.1) is 0 Å². The zero-order valence-corrected chi connectivity index (χ0v) is 18.3. The van der Waals surface area contributed by atoms with Crippen LogP contribution in [-0.2, 0) is 4.79 Å². The Bertz CT molecular complexity index is 1040. The van der Waals surface area contributed by atoms with Gasteiger partial charge in [-0.05, 0) is 53.2 Å². The summed E-state index contributed by atoms with van der Waals surface area (Å²) in [6.45, 7) is 1.76. The number of aryl methyl sites for hydroxylation is 1. The molecule has 0 saturated heterocycles. The molecule has 0 atom stereocenters. The molecule has 0 aliphatic heterocycles. The Balaban J connectivity index is 1.81. The molecule has 3 rings (SSSR count). The highest BCUT2D eigenvalue weighted by Gasteiger charge is 2.13. The van der Waals surface area contributed by atoms with Gasteiger partial charge in [0, 0.05) is 20.7 Å². The number of hydrogen-bond donors (Lipinski definition) is 1. The number of nitrogens with one attached hydrogen (secondary N) is 1. The Morgan fingerprint density at radius 2 is 1.89 bits per heavy atom. The molecule has 2 aromatic carbocycles. The smallest absolute Gasteiger partial charge is 0.258 e.